The lowest BCUT2D eigenvalue weighted by Crippen LogP contribution is -2.23. The summed E-state index contributed by atoms with van der Waals surface area (Å²) in [5.41, 5.74) is 6.72. The van der Waals surface area contributed by atoms with Crippen molar-refractivity contribution in [1.82, 2.24) is 0 Å². The predicted octanol–water partition coefficient (Wildman–Crippen LogP) is 2.46. The number of nitrogens with two attached hydrogens (primary N) is 1. The summed E-state index contributed by atoms with van der Waals surface area (Å²) in [6.07, 6.45) is 1.13. The highest BCUT2D eigenvalue weighted by Gasteiger charge is 1.97. The van der Waals surface area contributed by atoms with Crippen LogP contribution >= 0.6 is 0 Å². The molecule has 1 atom stereocenters. The first-order valence-electron chi connectivity index (χ1n) is 5.34. The van der Waals surface area contributed by atoms with Crippen molar-refractivity contribution in [3.8, 4) is 0 Å². The van der Waals surface area contributed by atoms with Crippen LogP contribution in [0.4, 0.5) is 5.69 Å². The molecule has 0 bridgehead atoms. The third kappa shape index (κ3) is 4.49. The fourth-order valence-electron chi connectivity index (χ4n) is 1.09. The van der Waals surface area contributed by atoms with Crippen molar-refractivity contribution in [2.45, 2.75) is 20.3 Å². The van der Waals surface area contributed by atoms with Gasteiger partial charge in [0.05, 0.1) is 0 Å². The van der Waals surface area contributed by atoms with E-state index in [2.05, 4.69) is 24.2 Å². The van der Waals surface area contributed by atoms with Crippen LogP contribution in [-0.2, 0) is 0 Å². The number of para-hydroxylation sites is 1. The number of anilines is 1. The van der Waals surface area contributed by atoms with Gasteiger partial charge in [-0.3, -0.25) is 4.99 Å². The number of benzene rings is 1. The molecule has 1 unspecified atom stereocenters. The Morgan fingerprint density at radius 1 is 1.40 bits per heavy atom. The second-order valence-corrected chi connectivity index (χ2v) is 3.73. The van der Waals surface area contributed by atoms with Crippen molar-refractivity contribution < 1.29 is 0 Å². The lowest BCUT2D eigenvalue weighted by atomic mass is 10.1. The molecule has 0 saturated carbocycles. The Morgan fingerprint density at radius 2 is 2.07 bits per heavy atom. The van der Waals surface area contributed by atoms with E-state index in [0.29, 0.717) is 11.9 Å². The molecule has 0 aliphatic rings. The zero-order valence-corrected chi connectivity index (χ0v) is 9.40. The van der Waals surface area contributed by atoms with E-state index in [1.165, 1.54) is 0 Å². The van der Waals surface area contributed by atoms with E-state index in [-0.39, 0.29) is 0 Å². The van der Waals surface area contributed by atoms with Crippen molar-refractivity contribution in [2.24, 2.45) is 16.6 Å². The molecule has 3 N–H and O–H groups in total. The highest BCUT2D eigenvalue weighted by atomic mass is 15.1. The van der Waals surface area contributed by atoms with Gasteiger partial charge in [0.1, 0.15) is 0 Å². The quantitative estimate of drug-likeness (QED) is 0.586. The van der Waals surface area contributed by atoms with E-state index in [1.54, 1.807) is 0 Å². The van der Waals surface area contributed by atoms with Gasteiger partial charge in [0.15, 0.2) is 5.96 Å². The topological polar surface area (TPSA) is 50.4 Å². The number of nitrogens with zero attached hydrogens (tertiary/aromatic N) is 1. The third-order valence-electron chi connectivity index (χ3n) is 2.32. The van der Waals surface area contributed by atoms with E-state index in [1.807, 2.05) is 30.3 Å². The molecule has 0 aliphatic carbocycles. The number of rotatable bonds is 4. The van der Waals surface area contributed by atoms with Crippen LogP contribution in [0.5, 0.6) is 0 Å². The largest absolute Gasteiger partial charge is 0.370 e. The number of guanidine groups is 1. The van der Waals surface area contributed by atoms with E-state index >= 15 is 0 Å². The van der Waals surface area contributed by atoms with Crippen molar-refractivity contribution in [1.29, 1.82) is 0 Å². The normalized spacial score (nSPS) is 13.6. The summed E-state index contributed by atoms with van der Waals surface area (Å²) in [5, 5.41) is 3.05. The van der Waals surface area contributed by atoms with Crippen LogP contribution in [0.2, 0.25) is 0 Å². The molecule has 0 fully saturated rings. The van der Waals surface area contributed by atoms with Gasteiger partial charge >= 0.3 is 0 Å². The molecule has 0 radical (unpaired) electrons. The number of hydrogen-bond acceptors (Lipinski definition) is 1. The zero-order valence-electron chi connectivity index (χ0n) is 9.40. The fourth-order valence-corrected chi connectivity index (χ4v) is 1.09. The monoisotopic (exact) mass is 205 g/mol. The summed E-state index contributed by atoms with van der Waals surface area (Å²) in [7, 11) is 0. The van der Waals surface area contributed by atoms with E-state index < -0.39 is 0 Å². The van der Waals surface area contributed by atoms with Gasteiger partial charge in [0.25, 0.3) is 0 Å². The highest BCUT2D eigenvalue weighted by Crippen LogP contribution is 2.04. The molecule has 0 amide bonds. The first-order chi connectivity index (χ1) is 7.22. The predicted molar refractivity (Wildman–Crippen MR) is 66.0 cm³/mol. The van der Waals surface area contributed by atoms with Gasteiger partial charge in [-0.25, -0.2) is 0 Å². The summed E-state index contributed by atoms with van der Waals surface area (Å²) in [5.74, 6) is 1.07. The number of aliphatic imine (C=N–C) groups is 1. The molecule has 0 aliphatic heterocycles. The molecule has 0 spiro atoms. The standard InChI is InChI=1S/C12H19N3/c1-3-10(2)9-14-12(13)15-11-7-5-4-6-8-11/h4-8,10H,3,9H2,1-2H3,(H3,13,14,15). The molecular weight excluding hydrogens is 186 g/mol. The average molecular weight is 205 g/mol. The molecular formula is C12H19N3. The van der Waals surface area contributed by atoms with Crippen LogP contribution in [0.25, 0.3) is 0 Å². The minimum Gasteiger partial charge on any atom is -0.370 e. The van der Waals surface area contributed by atoms with Crippen LogP contribution in [0.1, 0.15) is 20.3 Å². The SMILES string of the molecule is CCC(C)CN=C(N)Nc1ccccc1. The molecule has 1 aromatic carbocycles. The van der Waals surface area contributed by atoms with Crippen molar-refractivity contribution >= 4 is 11.6 Å². The van der Waals surface area contributed by atoms with Crippen LogP contribution in [0, 0.1) is 5.92 Å². The van der Waals surface area contributed by atoms with Crippen molar-refractivity contribution in [3.05, 3.63) is 30.3 Å². The Morgan fingerprint density at radius 3 is 2.67 bits per heavy atom. The molecule has 1 rings (SSSR count). The van der Waals surface area contributed by atoms with Crippen molar-refractivity contribution in [3.63, 3.8) is 0 Å². The Bertz CT molecular complexity index is 306. The van der Waals surface area contributed by atoms with Gasteiger partial charge in [-0.15, -0.1) is 0 Å². The van der Waals surface area contributed by atoms with Gasteiger partial charge < -0.3 is 11.1 Å². The van der Waals surface area contributed by atoms with Gasteiger partial charge in [-0.05, 0) is 18.1 Å². The lowest BCUT2D eigenvalue weighted by Gasteiger charge is -2.07. The molecule has 3 heteroatoms. The molecule has 0 saturated heterocycles. The van der Waals surface area contributed by atoms with Crippen LogP contribution in [-0.4, -0.2) is 12.5 Å². The highest BCUT2D eigenvalue weighted by molar-refractivity contribution is 5.92. The molecule has 0 aromatic heterocycles. The average Bonchev–Trinajstić information content (AvgIpc) is 2.27. The molecule has 82 valence electrons. The van der Waals surface area contributed by atoms with Gasteiger partial charge in [0.2, 0.25) is 0 Å². The van der Waals surface area contributed by atoms with Crippen LogP contribution < -0.4 is 11.1 Å². The number of hydrogen-bond donors (Lipinski definition) is 2. The molecule has 1 aromatic rings. The first kappa shape index (κ1) is 11.6. The molecule has 3 nitrogen and oxygen atoms in total. The Hall–Kier alpha value is -1.51. The first-order valence-corrected chi connectivity index (χ1v) is 5.34. The van der Waals surface area contributed by atoms with E-state index in [4.69, 9.17) is 5.73 Å². The summed E-state index contributed by atoms with van der Waals surface area (Å²) in [6.45, 7) is 5.10. The van der Waals surface area contributed by atoms with Crippen molar-refractivity contribution in [2.75, 3.05) is 11.9 Å². The second kappa shape index (κ2) is 6.06. The second-order valence-electron chi connectivity index (χ2n) is 3.73. The Balaban J connectivity index is 2.45. The number of nitrogens with one attached hydrogen (secondary N) is 1. The van der Waals surface area contributed by atoms with Gasteiger partial charge in [-0.1, -0.05) is 38.5 Å². The lowest BCUT2D eigenvalue weighted by molar-refractivity contribution is 0.576. The Labute approximate surface area is 91.4 Å². The Kier molecular flexibility index (Phi) is 4.68. The summed E-state index contributed by atoms with van der Waals surface area (Å²) in [6, 6.07) is 9.82. The molecule has 15 heavy (non-hydrogen) atoms. The summed E-state index contributed by atoms with van der Waals surface area (Å²) >= 11 is 0. The van der Waals surface area contributed by atoms with Crippen LogP contribution in [0.15, 0.2) is 35.3 Å². The zero-order chi connectivity index (χ0) is 11.1. The smallest absolute Gasteiger partial charge is 0.193 e. The van der Waals surface area contributed by atoms with E-state index in [0.717, 1.165) is 18.7 Å². The van der Waals surface area contributed by atoms with Gasteiger partial charge in [-0.2, -0.15) is 0 Å². The third-order valence-corrected chi connectivity index (χ3v) is 2.32. The maximum absolute atomic E-state index is 5.75. The fraction of sp³-hybridized carbons (Fsp3) is 0.417. The summed E-state index contributed by atoms with van der Waals surface area (Å²) < 4.78 is 0. The minimum absolute atomic E-state index is 0.488. The van der Waals surface area contributed by atoms with Crippen LogP contribution in [0.3, 0.4) is 0 Å². The minimum atomic E-state index is 0.488. The van der Waals surface area contributed by atoms with E-state index in [9.17, 15) is 0 Å². The van der Waals surface area contributed by atoms with Gasteiger partial charge in [0, 0.05) is 12.2 Å². The maximum Gasteiger partial charge on any atom is 0.193 e. The summed E-state index contributed by atoms with van der Waals surface area (Å²) in [4.78, 5) is 4.27. The molecule has 0 heterocycles. The maximum atomic E-state index is 5.75.